The van der Waals surface area contributed by atoms with Crippen molar-refractivity contribution in [1.82, 2.24) is 35.3 Å². The highest BCUT2D eigenvalue weighted by Crippen LogP contribution is 2.20. The van der Waals surface area contributed by atoms with Crippen LogP contribution in [0.15, 0.2) is 11.7 Å². The second kappa shape index (κ2) is 8.37. The smallest absolute Gasteiger partial charge is 0.270 e. The second-order valence-electron chi connectivity index (χ2n) is 6.41. The van der Waals surface area contributed by atoms with E-state index in [1.165, 1.54) is 17.7 Å². The molecule has 0 radical (unpaired) electrons. The summed E-state index contributed by atoms with van der Waals surface area (Å²) in [6.07, 6.45) is 4.15. The highest BCUT2D eigenvalue weighted by Gasteiger charge is 2.31. The normalized spacial score (nSPS) is 17.4. The molecule has 1 saturated heterocycles. The summed E-state index contributed by atoms with van der Waals surface area (Å²) in [5.41, 5.74) is 0.378. The lowest BCUT2D eigenvalue weighted by atomic mass is 10.2. The van der Waals surface area contributed by atoms with Crippen molar-refractivity contribution in [2.24, 2.45) is 0 Å². The molecule has 140 valence electrons. The summed E-state index contributed by atoms with van der Waals surface area (Å²) in [4.78, 5) is 36.5. The number of hydrogen-bond acceptors (Lipinski definition) is 7. The van der Waals surface area contributed by atoms with Crippen LogP contribution in [0.4, 0.5) is 0 Å². The van der Waals surface area contributed by atoms with Gasteiger partial charge in [-0.05, 0) is 25.8 Å². The molecule has 0 spiro atoms. The summed E-state index contributed by atoms with van der Waals surface area (Å²) >= 11 is 1.35. The molecule has 1 aliphatic rings. The van der Waals surface area contributed by atoms with Gasteiger partial charge >= 0.3 is 0 Å². The maximum Gasteiger partial charge on any atom is 0.270 e. The number of thiazole rings is 1. The number of rotatable bonds is 7. The first-order valence-corrected chi connectivity index (χ1v) is 9.49. The minimum Gasteiger partial charge on any atom is -0.351 e. The zero-order valence-electron chi connectivity index (χ0n) is 14.9. The molecule has 3 heterocycles. The topological polar surface area (TPSA) is 107 Å². The minimum absolute atomic E-state index is 0.0243. The summed E-state index contributed by atoms with van der Waals surface area (Å²) in [6, 6.07) is -0.0243. The zero-order valence-corrected chi connectivity index (χ0v) is 15.8. The van der Waals surface area contributed by atoms with Gasteiger partial charge < -0.3 is 10.2 Å². The number of aromatic amines is 1. The second-order valence-corrected chi connectivity index (χ2v) is 7.27. The molecular weight excluding hydrogens is 354 g/mol. The number of nitrogens with zero attached hydrogens (tertiary/aromatic N) is 5. The Hall–Kier alpha value is -2.33. The van der Waals surface area contributed by atoms with Crippen LogP contribution in [-0.2, 0) is 4.79 Å². The van der Waals surface area contributed by atoms with Crippen LogP contribution < -0.4 is 5.32 Å². The summed E-state index contributed by atoms with van der Waals surface area (Å²) < 4.78 is 0. The van der Waals surface area contributed by atoms with Gasteiger partial charge in [-0.3, -0.25) is 19.6 Å². The molecule has 0 saturated carbocycles. The van der Waals surface area contributed by atoms with Crippen LogP contribution in [0, 0.1) is 0 Å². The summed E-state index contributed by atoms with van der Waals surface area (Å²) in [5.74, 6) is 0.517. The first-order valence-electron chi connectivity index (χ1n) is 8.61. The zero-order chi connectivity index (χ0) is 18.5. The maximum absolute atomic E-state index is 12.2. The number of H-pyrrole nitrogens is 1. The number of likely N-dealkylation sites (tertiary alicyclic amines) is 1. The van der Waals surface area contributed by atoms with Crippen molar-refractivity contribution in [3.05, 3.63) is 17.4 Å². The van der Waals surface area contributed by atoms with Crippen LogP contribution in [0.25, 0.3) is 10.8 Å². The van der Waals surface area contributed by atoms with Crippen molar-refractivity contribution in [1.29, 1.82) is 0 Å². The molecule has 3 rings (SSSR count). The molecule has 0 aromatic carbocycles. The molecule has 2 amide bonds. The predicted octanol–water partition coefficient (Wildman–Crippen LogP) is 0.601. The Morgan fingerprint density at radius 1 is 1.46 bits per heavy atom. The van der Waals surface area contributed by atoms with Crippen LogP contribution in [0.5, 0.6) is 0 Å². The molecule has 1 unspecified atom stereocenters. The van der Waals surface area contributed by atoms with Crippen LogP contribution in [0.3, 0.4) is 0 Å². The first kappa shape index (κ1) is 18.5. The van der Waals surface area contributed by atoms with Crippen molar-refractivity contribution in [3.63, 3.8) is 0 Å². The van der Waals surface area contributed by atoms with E-state index in [-0.39, 0.29) is 17.9 Å². The van der Waals surface area contributed by atoms with Gasteiger partial charge in [-0.25, -0.2) is 9.97 Å². The lowest BCUT2D eigenvalue weighted by Crippen LogP contribution is -2.43. The third-order valence-corrected chi connectivity index (χ3v) is 5.20. The van der Waals surface area contributed by atoms with E-state index in [2.05, 4.69) is 30.4 Å². The number of aromatic nitrogens is 4. The van der Waals surface area contributed by atoms with E-state index in [1.807, 2.05) is 0 Å². The van der Waals surface area contributed by atoms with Crippen LogP contribution >= 0.6 is 11.3 Å². The molecule has 1 fully saturated rings. The highest BCUT2D eigenvalue weighted by molar-refractivity contribution is 7.13. The molecule has 10 heteroatoms. The molecule has 2 aromatic heterocycles. The first-order chi connectivity index (χ1) is 12.6. The van der Waals surface area contributed by atoms with Gasteiger partial charge in [0.1, 0.15) is 12.0 Å². The van der Waals surface area contributed by atoms with Gasteiger partial charge in [0.2, 0.25) is 5.91 Å². The average molecular weight is 377 g/mol. The van der Waals surface area contributed by atoms with Gasteiger partial charge in [-0.2, -0.15) is 5.10 Å². The van der Waals surface area contributed by atoms with Crippen molar-refractivity contribution in [2.45, 2.75) is 25.3 Å². The molecular formula is C16H23N7O2S. The van der Waals surface area contributed by atoms with Gasteiger partial charge in [0, 0.05) is 32.6 Å². The Morgan fingerprint density at radius 2 is 2.31 bits per heavy atom. The standard InChI is InChI=1S/C16H23N7O2S/c1-22(2)16(25)12-5-3-7-23(12)8-4-6-17-14(24)11-9-26-15(20-11)13-18-10-19-21-13/h9-10,12H,3-8H2,1-2H3,(H,17,24)(H,18,19,21). The number of nitrogens with one attached hydrogen (secondary N) is 2. The molecule has 9 nitrogen and oxygen atoms in total. The van der Waals surface area contributed by atoms with E-state index < -0.39 is 0 Å². The number of likely N-dealkylation sites (N-methyl/N-ethyl adjacent to an activating group) is 1. The third-order valence-electron chi connectivity index (χ3n) is 4.35. The van der Waals surface area contributed by atoms with Crippen LogP contribution in [0.1, 0.15) is 29.8 Å². The largest absolute Gasteiger partial charge is 0.351 e. The van der Waals surface area contributed by atoms with Crippen molar-refractivity contribution < 1.29 is 9.59 Å². The van der Waals surface area contributed by atoms with E-state index in [0.29, 0.717) is 23.1 Å². The quantitative estimate of drug-likeness (QED) is 0.684. The average Bonchev–Trinajstić information content (AvgIpc) is 3.38. The van der Waals surface area contributed by atoms with E-state index in [4.69, 9.17) is 0 Å². The maximum atomic E-state index is 12.2. The fourth-order valence-corrected chi connectivity index (χ4v) is 3.79. The highest BCUT2D eigenvalue weighted by atomic mass is 32.1. The van der Waals surface area contributed by atoms with Gasteiger partial charge in [0.15, 0.2) is 10.8 Å². The van der Waals surface area contributed by atoms with E-state index in [0.717, 1.165) is 32.4 Å². The van der Waals surface area contributed by atoms with Crippen molar-refractivity contribution >= 4 is 23.2 Å². The lowest BCUT2D eigenvalue weighted by Gasteiger charge is -2.25. The van der Waals surface area contributed by atoms with E-state index in [9.17, 15) is 9.59 Å². The van der Waals surface area contributed by atoms with Crippen molar-refractivity contribution in [3.8, 4) is 10.8 Å². The Labute approximate surface area is 155 Å². The van der Waals surface area contributed by atoms with Gasteiger partial charge in [0.25, 0.3) is 5.91 Å². The van der Waals surface area contributed by atoms with E-state index in [1.54, 1.807) is 24.4 Å². The number of hydrogen-bond donors (Lipinski definition) is 2. The molecule has 26 heavy (non-hydrogen) atoms. The number of carbonyl (C=O) groups excluding carboxylic acids is 2. The monoisotopic (exact) mass is 377 g/mol. The SMILES string of the molecule is CN(C)C(=O)C1CCCN1CCCNC(=O)c1csc(-c2ncn[nH]2)n1. The summed E-state index contributed by atoms with van der Waals surface area (Å²) in [5, 5.41) is 11.7. The van der Waals surface area contributed by atoms with Gasteiger partial charge in [-0.15, -0.1) is 11.3 Å². The third kappa shape index (κ3) is 4.25. The lowest BCUT2D eigenvalue weighted by molar-refractivity contribution is -0.133. The number of carbonyl (C=O) groups is 2. The van der Waals surface area contributed by atoms with Gasteiger partial charge in [-0.1, -0.05) is 0 Å². The Balaban J connectivity index is 1.43. The Morgan fingerprint density at radius 3 is 3.04 bits per heavy atom. The molecule has 0 bridgehead atoms. The molecule has 2 N–H and O–H groups in total. The fraction of sp³-hybridized carbons (Fsp3) is 0.562. The molecule has 2 aromatic rings. The molecule has 1 aliphatic heterocycles. The van der Waals surface area contributed by atoms with Crippen LogP contribution in [0.2, 0.25) is 0 Å². The Bertz CT molecular complexity index is 744. The van der Waals surface area contributed by atoms with Gasteiger partial charge in [0.05, 0.1) is 6.04 Å². The van der Waals surface area contributed by atoms with Crippen LogP contribution in [-0.4, -0.2) is 81.6 Å². The Kier molecular flexibility index (Phi) is 5.94. The summed E-state index contributed by atoms with van der Waals surface area (Å²) in [7, 11) is 3.58. The molecule has 0 aliphatic carbocycles. The van der Waals surface area contributed by atoms with Crippen molar-refractivity contribution in [2.75, 3.05) is 33.7 Å². The van der Waals surface area contributed by atoms with E-state index >= 15 is 0 Å². The molecule has 1 atom stereocenters. The fourth-order valence-electron chi connectivity index (χ4n) is 3.04. The predicted molar refractivity (Wildman–Crippen MR) is 97.7 cm³/mol. The number of amides is 2. The summed E-state index contributed by atoms with van der Waals surface area (Å²) in [6.45, 7) is 2.28. The minimum atomic E-state index is -0.200.